The number of nitrogens with zero attached hydrogens (tertiary/aromatic N) is 1. The molecule has 0 saturated carbocycles. The van der Waals surface area contributed by atoms with Crippen molar-refractivity contribution in [3.05, 3.63) is 64.7 Å². The molecule has 8 heteroatoms. The number of hydrogen-bond donors (Lipinski definition) is 0. The van der Waals surface area contributed by atoms with Crippen molar-refractivity contribution < 1.29 is 31.8 Å². The minimum Gasteiger partial charge on any atom is -0.451 e. The summed E-state index contributed by atoms with van der Waals surface area (Å²) in [5, 5.41) is 0. The van der Waals surface area contributed by atoms with E-state index in [1.807, 2.05) is 4.90 Å². The topological polar surface area (TPSA) is 38.8 Å². The van der Waals surface area contributed by atoms with Gasteiger partial charge >= 0.3 is 0 Å². The summed E-state index contributed by atoms with van der Waals surface area (Å²) < 4.78 is 67.6. The quantitative estimate of drug-likeness (QED) is 0.398. The zero-order valence-corrected chi connectivity index (χ0v) is 15.7. The van der Waals surface area contributed by atoms with Crippen molar-refractivity contribution in [2.24, 2.45) is 0 Å². The molecule has 0 amide bonds. The molecule has 1 aliphatic heterocycles. The third kappa shape index (κ3) is 4.83. The third-order valence-electron chi connectivity index (χ3n) is 4.49. The lowest BCUT2D eigenvalue weighted by Crippen LogP contribution is -2.36. The lowest BCUT2D eigenvalue weighted by molar-refractivity contribution is 0.0435. The molecule has 1 aliphatic rings. The number of hydrogen-bond acceptors (Lipinski definition) is 4. The minimum atomic E-state index is -1.63. The molecular formula is C21H19F4NO3. The fourth-order valence-corrected chi connectivity index (χ4v) is 2.84. The molecule has 0 radical (unpaired) electrons. The Morgan fingerprint density at radius 3 is 2.17 bits per heavy atom. The van der Waals surface area contributed by atoms with E-state index in [9.17, 15) is 22.4 Å². The molecule has 2 aromatic rings. The molecule has 4 nitrogen and oxygen atoms in total. The van der Waals surface area contributed by atoms with Crippen LogP contribution in [-0.4, -0.2) is 43.5 Å². The van der Waals surface area contributed by atoms with Crippen LogP contribution in [0.15, 0.2) is 30.3 Å². The first-order valence-electron chi connectivity index (χ1n) is 9.00. The van der Waals surface area contributed by atoms with Crippen molar-refractivity contribution in [3.63, 3.8) is 0 Å². The van der Waals surface area contributed by atoms with Gasteiger partial charge in [0.2, 0.25) is 17.4 Å². The van der Waals surface area contributed by atoms with Crippen molar-refractivity contribution in [2.75, 3.05) is 32.8 Å². The van der Waals surface area contributed by atoms with Crippen LogP contribution in [0.3, 0.4) is 0 Å². The molecule has 1 fully saturated rings. The van der Waals surface area contributed by atoms with Gasteiger partial charge in [-0.25, -0.2) is 8.78 Å². The van der Waals surface area contributed by atoms with E-state index in [2.05, 4.69) is 0 Å². The Morgan fingerprint density at radius 1 is 1.03 bits per heavy atom. The van der Waals surface area contributed by atoms with E-state index in [1.165, 1.54) is 37.3 Å². The highest BCUT2D eigenvalue weighted by molar-refractivity contribution is 5.94. The van der Waals surface area contributed by atoms with Gasteiger partial charge in [0.1, 0.15) is 5.75 Å². The van der Waals surface area contributed by atoms with Gasteiger partial charge in [-0.3, -0.25) is 9.69 Å². The van der Waals surface area contributed by atoms with Gasteiger partial charge in [-0.15, -0.1) is 0 Å². The van der Waals surface area contributed by atoms with Crippen molar-refractivity contribution in [1.29, 1.82) is 0 Å². The van der Waals surface area contributed by atoms with E-state index in [1.54, 1.807) is 0 Å². The Hall–Kier alpha value is -2.71. The second-order valence-corrected chi connectivity index (χ2v) is 6.50. The Kier molecular flexibility index (Phi) is 6.66. The van der Waals surface area contributed by atoms with Crippen molar-refractivity contribution in [1.82, 2.24) is 4.90 Å². The van der Waals surface area contributed by atoms with Gasteiger partial charge in [-0.05, 0) is 31.2 Å². The maximum absolute atomic E-state index is 14.4. The summed E-state index contributed by atoms with van der Waals surface area (Å²) in [6.07, 6.45) is 2.45. The summed E-state index contributed by atoms with van der Waals surface area (Å²) in [5.41, 5.74) is -0.455. The van der Waals surface area contributed by atoms with Gasteiger partial charge in [0, 0.05) is 25.2 Å². The molecule has 0 aliphatic carbocycles. The average Bonchev–Trinajstić information content (AvgIpc) is 2.73. The first-order valence-corrected chi connectivity index (χ1v) is 9.00. The fraction of sp³-hybridized carbons (Fsp3) is 0.286. The molecule has 0 spiro atoms. The van der Waals surface area contributed by atoms with E-state index in [4.69, 9.17) is 9.47 Å². The number of morpholine rings is 1. The van der Waals surface area contributed by atoms with E-state index in [0.29, 0.717) is 38.4 Å². The van der Waals surface area contributed by atoms with Crippen LogP contribution >= 0.6 is 0 Å². The van der Waals surface area contributed by atoms with Crippen LogP contribution < -0.4 is 4.74 Å². The normalized spacial score (nSPS) is 15.1. The van der Waals surface area contributed by atoms with Crippen molar-refractivity contribution in [3.8, 4) is 11.5 Å². The number of benzene rings is 2. The number of ether oxygens (including phenoxy) is 2. The Balaban J connectivity index is 1.82. The Morgan fingerprint density at radius 2 is 1.62 bits per heavy atom. The maximum atomic E-state index is 14.4. The first-order chi connectivity index (χ1) is 13.9. The summed E-state index contributed by atoms with van der Waals surface area (Å²) >= 11 is 0. The maximum Gasteiger partial charge on any atom is 0.205 e. The van der Waals surface area contributed by atoms with Crippen LogP contribution in [0.25, 0.3) is 6.08 Å². The molecule has 1 saturated heterocycles. The SMILES string of the molecule is CC(=O)c1ccc(Oc2c(F)c(F)c(C=CCN3CCOCC3)c(F)c2F)cc1. The second kappa shape index (κ2) is 9.19. The van der Waals surface area contributed by atoms with E-state index in [-0.39, 0.29) is 11.5 Å². The number of carbonyl (C=O) groups excluding carboxylic acids is 1. The van der Waals surface area contributed by atoms with Crippen LogP contribution in [0.2, 0.25) is 0 Å². The van der Waals surface area contributed by atoms with Gasteiger partial charge in [0.05, 0.1) is 18.8 Å². The predicted octanol–water partition coefficient (Wildman–Crippen LogP) is 4.58. The van der Waals surface area contributed by atoms with Crippen molar-refractivity contribution >= 4 is 11.9 Å². The van der Waals surface area contributed by atoms with Gasteiger partial charge < -0.3 is 9.47 Å². The standard InChI is InChI=1S/C21H19F4NO3/c1-13(27)14-4-6-15(7-5-14)29-21-19(24)17(22)16(18(23)20(21)25)3-2-8-26-9-11-28-12-10-26/h2-7H,8-12H2,1H3. The minimum absolute atomic E-state index is 0.0674. The van der Waals surface area contributed by atoms with Gasteiger partial charge in [0.25, 0.3) is 0 Å². The molecule has 0 atom stereocenters. The molecule has 3 rings (SSSR count). The number of Topliss-reactive ketones (excluding diaryl/α,β-unsaturated/α-hetero) is 1. The molecule has 154 valence electrons. The molecule has 29 heavy (non-hydrogen) atoms. The number of ketones is 1. The summed E-state index contributed by atoms with van der Waals surface area (Å²) in [7, 11) is 0. The Labute approximate surface area is 165 Å². The van der Waals surface area contributed by atoms with Crippen molar-refractivity contribution in [2.45, 2.75) is 6.92 Å². The zero-order chi connectivity index (χ0) is 21.0. The molecule has 1 heterocycles. The average molecular weight is 409 g/mol. The fourth-order valence-electron chi connectivity index (χ4n) is 2.84. The molecular weight excluding hydrogens is 390 g/mol. The Bertz CT molecular complexity index is 894. The molecule has 0 bridgehead atoms. The number of carbonyl (C=O) groups is 1. The predicted molar refractivity (Wildman–Crippen MR) is 99.1 cm³/mol. The molecule has 0 unspecified atom stereocenters. The molecule has 2 aromatic carbocycles. The van der Waals surface area contributed by atoms with Crippen LogP contribution in [-0.2, 0) is 4.74 Å². The van der Waals surface area contributed by atoms with E-state index < -0.39 is 34.6 Å². The summed E-state index contributed by atoms with van der Waals surface area (Å²) in [5.74, 6) is -7.81. The largest absolute Gasteiger partial charge is 0.451 e. The van der Waals surface area contributed by atoms with Crippen LogP contribution in [0.4, 0.5) is 17.6 Å². The van der Waals surface area contributed by atoms with Crippen LogP contribution in [0.5, 0.6) is 11.5 Å². The zero-order valence-electron chi connectivity index (χ0n) is 15.7. The highest BCUT2D eigenvalue weighted by Crippen LogP contribution is 2.34. The van der Waals surface area contributed by atoms with Crippen LogP contribution in [0, 0.1) is 23.3 Å². The van der Waals surface area contributed by atoms with Gasteiger partial charge in [0.15, 0.2) is 17.4 Å². The van der Waals surface area contributed by atoms with Gasteiger partial charge in [-0.1, -0.05) is 12.2 Å². The first kappa shape index (κ1) is 21.0. The van der Waals surface area contributed by atoms with Crippen LogP contribution in [0.1, 0.15) is 22.8 Å². The summed E-state index contributed by atoms with van der Waals surface area (Å²) in [6, 6.07) is 5.31. The van der Waals surface area contributed by atoms with E-state index >= 15 is 0 Å². The molecule has 0 N–H and O–H groups in total. The third-order valence-corrected chi connectivity index (χ3v) is 4.49. The molecule has 0 aromatic heterocycles. The number of rotatable bonds is 6. The second-order valence-electron chi connectivity index (χ2n) is 6.50. The lowest BCUT2D eigenvalue weighted by Gasteiger charge is -2.25. The lowest BCUT2D eigenvalue weighted by atomic mass is 10.1. The highest BCUT2D eigenvalue weighted by atomic mass is 19.2. The summed E-state index contributed by atoms with van der Waals surface area (Å²) in [6.45, 7) is 4.15. The summed E-state index contributed by atoms with van der Waals surface area (Å²) in [4.78, 5) is 13.2. The van der Waals surface area contributed by atoms with Gasteiger partial charge in [-0.2, -0.15) is 8.78 Å². The highest BCUT2D eigenvalue weighted by Gasteiger charge is 2.26. The smallest absolute Gasteiger partial charge is 0.205 e. The monoisotopic (exact) mass is 409 g/mol. The van der Waals surface area contributed by atoms with E-state index in [0.717, 1.165) is 6.08 Å². The number of halogens is 4.